The third-order valence-electron chi connectivity index (χ3n) is 2.80. The van der Waals surface area contributed by atoms with Crippen LogP contribution in [0.5, 0.6) is 0 Å². The summed E-state index contributed by atoms with van der Waals surface area (Å²) in [6.45, 7) is 5.40. The van der Waals surface area contributed by atoms with Gasteiger partial charge < -0.3 is 15.4 Å². The Morgan fingerprint density at radius 1 is 1.50 bits per heavy atom. The standard InChI is InChI=1S/C11H20N2O3/c1-3-16-10(14)5-7-13-11(15)9-4-6-12-8(9)2/h8-9,12H,3-7H2,1-2H3,(H,13,15). The molecule has 5 heteroatoms. The van der Waals surface area contributed by atoms with Crippen molar-refractivity contribution in [1.82, 2.24) is 10.6 Å². The number of nitrogens with one attached hydrogen (secondary N) is 2. The highest BCUT2D eigenvalue weighted by Gasteiger charge is 2.28. The largest absolute Gasteiger partial charge is 0.466 e. The van der Waals surface area contributed by atoms with Crippen LogP contribution in [0.1, 0.15) is 26.7 Å². The van der Waals surface area contributed by atoms with Gasteiger partial charge in [-0.25, -0.2) is 0 Å². The minimum atomic E-state index is -0.264. The van der Waals surface area contributed by atoms with E-state index in [2.05, 4.69) is 10.6 Å². The van der Waals surface area contributed by atoms with Crippen LogP contribution in [0.25, 0.3) is 0 Å². The van der Waals surface area contributed by atoms with Crippen molar-refractivity contribution in [2.75, 3.05) is 19.7 Å². The Morgan fingerprint density at radius 2 is 2.25 bits per heavy atom. The maximum Gasteiger partial charge on any atom is 0.307 e. The van der Waals surface area contributed by atoms with Gasteiger partial charge in [0.1, 0.15) is 0 Å². The maximum absolute atomic E-state index is 11.7. The fraction of sp³-hybridized carbons (Fsp3) is 0.818. The number of rotatable bonds is 5. The van der Waals surface area contributed by atoms with Crippen LogP contribution in [0, 0.1) is 5.92 Å². The molecule has 0 aromatic heterocycles. The van der Waals surface area contributed by atoms with Gasteiger partial charge in [-0.15, -0.1) is 0 Å². The van der Waals surface area contributed by atoms with Gasteiger partial charge in [0.25, 0.3) is 0 Å². The minimum Gasteiger partial charge on any atom is -0.466 e. The fourth-order valence-electron chi connectivity index (χ4n) is 1.87. The molecule has 0 radical (unpaired) electrons. The predicted molar refractivity (Wildman–Crippen MR) is 59.8 cm³/mol. The second-order valence-electron chi connectivity index (χ2n) is 3.98. The van der Waals surface area contributed by atoms with Crippen molar-refractivity contribution in [1.29, 1.82) is 0 Å². The molecule has 1 aliphatic rings. The summed E-state index contributed by atoms with van der Waals surface area (Å²) in [6, 6.07) is 0.225. The van der Waals surface area contributed by atoms with Gasteiger partial charge in [0, 0.05) is 12.6 Å². The van der Waals surface area contributed by atoms with Gasteiger partial charge in [-0.05, 0) is 26.8 Å². The minimum absolute atomic E-state index is 0.0294. The molecule has 1 fully saturated rings. The molecule has 1 rings (SSSR count). The summed E-state index contributed by atoms with van der Waals surface area (Å²) >= 11 is 0. The molecule has 0 bridgehead atoms. The molecule has 0 spiro atoms. The fourth-order valence-corrected chi connectivity index (χ4v) is 1.87. The Hall–Kier alpha value is -1.10. The first-order valence-electron chi connectivity index (χ1n) is 5.82. The average Bonchev–Trinajstić information content (AvgIpc) is 2.64. The van der Waals surface area contributed by atoms with Gasteiger partial charge >= 0.3 is 5.97 Å². The Morgan fingerprint density at radius 3 is 2.81 bits per heavy atom. The molecular weight excluding hydrogens is 208 g/mol. The molecule has 1 aliphatic heterocycles. The molecule has 2 N–H and O–H groups in total. The van der Waals surface area contributed by atoms with E-state index in [0.717, 1.165) is 13.0 Å². The lowest BCUT2D eigenvalue weighted by Gasteiger charge is -2.14. The first kappa shape index (κ1) is 13.0. The molecule has 5 nitrogen and oxygen atoms in total. The van der Waals surface area contributed by atoms with Gasteiger partial charge in [-0.3, -0.25) is 9.59 Å². The zero-order valence-electron chi connectivity index (χ0n) is 9.91. The molecule has 0 aromatic rings. The van der Waals surface area contributed by atoms with Crippen molar-refractivity contribution >= 4 is 11.9 Å². The number of hydrogen-bond acceptors (Lipinski definition) is 4. The van der Waals surface area contributed by atoms with E-state index < -0.39 is 0 Å². The Balaban J connectivity index is 2.17. The van der Waals surface area contributed by atoms with Crippen molar-refractivity contribution < 1.29 is 14.3 Å². The Bertz CT molecular complexity index is 256. The van der Waals surface area contributed by atoms with E-state index in [1.165, 1.54) is 0 Å². The molecule has 0 aromatic carbocycles. The molecule has 1 heterocycles. The average molecular weight is 228 g/mol. The third kappa shape index (κ3) is 3.81. The van der Waals surface area contributed by atoms with Gasteiger partial charge in [0.15, 0.2) is 0 Å². The van der Waals surface area contributed by atoms with Crippen LogP contribution in [0.2, 0.25) is 0 Å². The van der Waals surface area contributed by atoms with Crippen molar-refractivity contribution in [2.45, 2.75) is 32.7 Å². The van der Waals surface area contributed by atoms with Crippen LogP contribution < -0.4 is 10.6 Å². The van der Waals surface area contributed by atoms with Crippen LogP contribution in [0.15, 0.2) is 0 Å². The summed E-state index contributed by atoms with van der Waals surface area (Å²) < 4.78 is 4.77. The van der Waals surface area contributed by atoms with E-state index in [-0.39, 0.29) is 30.3 Å². The van der Waals surface area contributed by atoms with Gasteiger partial charge in [0.2, 0.25) is 5.91 Å². The van der Waals surface area contributed by atoms with Crippen molar-refractivity contribution in [2.24, 2.45) is 5.92 Å². The summed E-state index contributed by atoms with van der Waals surface area (Å²) in [7, 11) is 0. The molecule has 1 amide bonds. The normalized spacial score (nSPS) is 24.1. The second-order valence-corrected chi connectivity index (χ2v) is 3.98. The van der Waals surface area contributed by atoms with Crippen LogP contribution in [0.3, 0.4) is 0 Å². The monoisotopic (exact) mass is 228 g/mol. The number of esters is 1. The summed E-state index contributed by atoms with van der Waals surface area (Å²) in [4.78, 5) is 22.7. The summed E-state index contributed by atoms with van der Waals surface area (Å²) in [5.74, 6) is -0.204. The molecule has 16 heavy (non-hydrogen) atoms. The first-order valence-corrected chi connectivity index (χ1v) is 5.82. The molecular formula is C11H20N2O3. The van der Waals surface area contributed by atoms with Gasteiger partial charge in [-0.2, -0.15) is 0 Å². The van der Waals surface area contributed by atoms with E-state index in [4.69, 9.17) is 4.74 Å². The number of ether oxygens (including phenoxy) is 1. The highest BCUT2D eigenvalue weighted by molar-refractivity contribution is 5.80. The van der Waals surface area contributed by atoms with Crippen LogP contribution >= 0.6 is 0 Å². The molecule has 0 aliphatic carbocycles. The van der Waals surface area contributed by atoms with Crippen molar-refractivity contribution in [3.05, 3.63) is 0 Å². The molecule has 1 saturated heterocycles. The zero-order valence-corrected chi connectivity index (χ0v) is 9.91. The van der Waals surface area contributed by atoms with Crippen LogP contribution in [-0.4, -0.2) is 37.6 Å². The number of carbonyl (C=O) groups excluding carboxylic acids is 2. The lowest BCUT2D eigenvalue weighted by molar-refractivity contribution is -0.143. The zero-order chi connectivity index (χ0) is 12.0. The highest BCUT2D eigenvalue weighted by atomic mass is 16.5. The lowest BCUT2D eigenvalue weighted by Crippen LogP contribution is -2.37. The highest BCUT2D eigenvalue weighted by Crippen LogP contribution is 2.14. The molecule has 0 saturated carbocycles. The van der Waals surface area contributed by atoms with Crippen LogP contribution in [0.4, 0.5) is 0 Å². The number of hydrogen-bond donors (Lipinski definition) is 2. The number of amides is 1. The van der Waals surface area contributed by atoms with E-state index in [1.54, 1.807) is 6.92 Å². The maximum atomic E-state index is 11.7. The number of carbonyl (C=O) groups is 2. The molecule has 2 unspecified atom stereocenters. The lowest BCUT2D eigenvalue weighted by atomic mass is 10.0. The molecule has 2 atom stereocenters. The van der Waals surface area contributed by atoms with Crippen molar-refractivity contribution in [3.63, 3.8) is 0 Å². The van der Waals surface area contributed by atoms with Crippen LogP contribution in [-0.2, 0) is 14.3 Å². The smallest absolute Gasteiger partial charge is 0.307 e. The van der Waals surface area contributed by atoms with Gasteiger partial charge in [0.05, 0.1) is 18.9 Å². The SMILES string of the molecule is CCOC(=O)CCNC(=O)C1CCNC1C. The van der Waals surface area contributed by atoms with E-state index >= 15 is 0 Å². The molecule has 92 valence electrons. The summed E-state index contributed by atoms with van der Waals surface area (Å²) in [5, 5.41) is 5.98. The Kier molecular flexibility index (Phi) is 5.25. The Labute approximate surface area is 95.9 Å². The second kappa shape index (κ2) is 6.48. The van der Waals surface area contributed by atoms with E-state index in [0.29, 0.717) is 13.2 Å². The van der Waals surface area contributed by atoms with Crippen molar-refractivity contribution in [3.8, 4) is 0 Å². The summed E-state index contributed by atoms with van der Waals surface area (Å²) in [6.07, 6.45) is 1.11. The summed E-state index contributed by atoms with van der Waals surface area (Å²) in [5.41, 5.74) is 0. The van der Waals surface area contributed by atoms with Gasteiger partial charge in [-0.1, -0.05) is 0 Å². The first-order chi connectivity index (χ1) is 7.65. The van der Waals surface area contributed by atoms with E-state index in [1.807, 2.05) is 6.92 Å². The quantitative estimate of drug-likeness (QED) is 0.653. The predicted octanol–water partition coefficient (Wildman–Crippen LogP) is 0.0538. The topological polar surface area (TPSA) is 67.4 Å². The third-order valence-corrected chi connectivity index (χ3v) is 2.80. The van der Waals surface area contributed by atoms with E-state index in [9.17, 15) is 9.59 Å².